The summed E-state index contributed by atoms with van der Waals surface area (Å²) in [4.78, 5) is 10.5. The van der Waals surface area contributed by atoms with E-state index in [2.05, 4.69) is 6.58 Å². The van der Waals surface area contributed by atoms with Gasteiger partial charge >= 0.3 is 0 Å². The van der Waals surface area contributed by atoms with Crippen molar-refractivity contribution >= 4 is 5.78 Å². The second-order valence-corrected chi connectivity index (χ2v) is 1.89. The quantitative estimate of drug-likeness (QED) is 0.475. The van der Waals surface area contributed by atoms with Gasteiger partial charge in [-0.1, -0.05) is 53.3 Å². The van der Waals surface area contributed by atoms with Crippen molar-refractivity contribution < 1.29 is 4.79 Å². The van der Waals surface area contributed by atoms with E-state index in [4.69, 9.17) is 0 Å². The predicted octanol–water partition coefficient (Wildman–Crippen LogP) is 4.15. The highest BCUT2D eigenvalue weighted by Gasteiger charge is 1.91. The van der Waals surface area contributed by atoms with E-state index in [1.807, 2.05) is 40.7 Å². The summed E-state index contributed by atoms with van der Waals surface area (Å²) in [6.07, 6.45) is 4.62. The molecular formula is C12H24O. The van der Waals surface area contributed by atoms with Gasteiger partial charge in [0.1, 0.15) is 0 Å². The van der Waals surface area contributed by atoms with Crippen LogP contribution in [0.5, 0.6) is 0 Å². The molecule has 0 aliphatic carbocycles. The molecule has 0 aromatic carbocycles. The van der Waals surface area contributed by atoms with Crippen LogP contribution in [0.2, 0.25) is 0 Å². The number of allylic oxidation sites excluding steroid dienone is 3. The third-order valence-corrected chi connectivity index (χ3v) is 1.01. The topological polar surface area (TPSA) is 17.1 Å². The molecule has 0 aromatic rings. The number of hydrogen-bond acceptors (Lipinski definition) is 1. The molecule has 0 atom stereocenters. The third-order valence-electron chi connectivity index (χ3n) is 1.01. The third kappa shape index (κ3) is 18.3. The maximum Gasteiger partial charge on any atom is 0.159 e. The van der Waals surface area contributed by atoms with Crippen LogP contribution < -0.4 is 0 Å². The van der Waals surface area contributed by atoms with Gasteiger partial charge in [0.05, 0.1) is 0 Å². The summed E-state index contributed by atoms with van der Waals surface area (Å²) in [6.45, 7) is 15.1. The van der Waals surface area contributed by atoms with Crippen LogP contribution in [0.15, 0.2) is 24.3 Å². The van der Waals surface area contributed by atoms with E-state index in [1.165, 1.54) is 6.92 Å². The number of carbonyl (C=O) groups is 1. The Kier molecular flexibility index (Phi) is 24.0. The van der Waals surface area contributed by atoms with E-state index in [9.17, 15) is 4.79 Å². The largest absolute Gasteiger partial charge is 0.295 e. The maximum atomic E-state index is 10.5. The van der Waals surface area contributed by atoms with Crippen LogP contribution in [0.1, 0.15) is 48.0 Å². The predicted molar refractivity (Wildman–Crippen MR) is 61.9 cm³/mol. The van der Waals surface area contributed by atoms with Crippen LogP contribution in [0, 0.1) is 0 Å². The number of carbonyl (C=O) groups excluding carboxylic acids is 1. The average molecular weight is 184 g/mol. The molecule has 0 fully saturated rings. The molecule has 0 saturated carbocycles. The van der Waals surface area contributed by atoms with E-state index in [0.29, 0.717) is 5.57 Å². The normalized spacial score (nSPS) is 7.85. The fraction of sp³-hybridized carbons (Fsp3) is 0.583. The van der Waals surface area contributed by atoms with Gasteiger partial charge in [-0.2, -0.15) is 0 Å². The lowest BCUT2D eigenvalue weighted by atomic mass is 10.2. The fourth-order valence-electron chi connectivity index (χ4n) is 0.377. The molecule has 1 heteroatoms. The van der Waals surface area contributed by atoms with Crippen LogP contribution in [-0.2, 0) is 4.79 Å². The second kappa shape index (κ2) is 17.3. The summed E-state index contributed by atoms with van der Waals surface area (Å²) in [6, 6.07) is 0. The number of hydrogen-bond donors (Lipinski definition) is 0. The van der Waals surface area contributed by atoms with Gasteiger partial charge in [0.25, 0.3) is 0 Å². The van der Waals surface area contributed by atoms with E-state index < -0.39 is 0 Å². The van der Waals surface area contributed by atoms with Gasteiger partial charge in [0, 0.05) is 5.57 Å². The standard InChI is InChI=1S/C8H12O.2C2H6/c1-4-5-6-7(2)8(3)9;2*1-2/h5-6H,2,4H2,1,3H3;2*1-2H3/b6-5-;;. The lowest BCUT2D eigenvalue weighted by Crippen LogP contribution is -1.89. The van der Waals surface area contributed by atoms with Gasteiger partial charge in [-0.05, 0) is 13.3 Å². The second-order valence-electron chi connectivity index (χ2n) is 1.89. The van der Waals surface area contributed by atoms with Crippen molar-refractivity contribution in [2.24, 2.45) is 0 Å². The minimum Gasteiger partial charge on any atom is -0.295 e. The Morgan fingerprint density at radius 2 is 1.62 bits per heavy atom. The van der Waals surface area contributed by atoms with E-state index in [0.717, 1.165) is 6.42 Å². The van der Waals surface area contributed by atoms with Crippen molar-refractivity contribution in [1.82, 2.24) is 0 Å². The Morgan fingerprint density at radius 3 is 1.85 bits per heavy atom. The van der Waals surface area contributed by atoms with Gasteiger partial charge in [0.15, 0.2) is 5.78 Å². The summed E-state index contributed by atoms with van der Waals surface area (Å²) in [5, 5.41) is 0. The molecule has 0 radical (unpaired) electrons. The smallest absolute Gasteiger partial charge is 0.159 e. The lowest BCUT2D eigenvalue weighted by molar-refractivity contribution is -0.113. The maximum absolute atomic E-state index is 10.5. The highest BCUT2D eigenvalue weighted by Crippen LogP contribution is 1.94. The summed E-state index contributed by atoms with van der Waals surface area (Å²) in [5.41, 5.74) is 0.580. The first-order valence-corrected chi connectivity index (χ1v) is 5.05. The Hall–Kier alpha value is -0.850. The van der Waals surface area contributed by atoms with Crippen molar-refractivity contribution in [2.45, 2.75) is 48.0 Å². The van der Waals surface area contributed by atoms with Crippen LogP contribution in [-0.4, -0.2) is 5.78 Å². The molecule has 0 aliphatic rings. The number of ketones is 1. The molecule has 0 heterocycles. The number of Topliss-reactive ketones (excluding diaryl/α,β-unsaturated/α-hetero) is 1. The van der Waals surface area contributed by atoms with Gasteiger partial charge in [-0.25, -0.2) is 0 Å². The Morgan fingerprint density at radius 1 is 1.23 bits per heavy atom. The molecular weight excluding hydrogens is 160 g/mol. The summed E-state index contributed by atoms with van der Waals surface area (Å²) >= 11 is 0. The van der Waals surface area contributed by atoms with Gasteiger partial charge in [-0.15, -0.1) is 0 Å². The highest BCUT2D eigenvalue weighted by molar-refractivity contribution is 5.95. The minimum absolute atomic E-state index is 0.0414. The molecule has 0 bridgehead atoms. The first-order valence-electron chi connectivity index (χ1n) is 5.05. The molecule has 1 nitrogen and oxygen atoms in total. The fourth-order valence-corrected chi connectivity index (χ4v) is 0.377. The first kappa shape index (κ1) is 18.0. The summed E-state index contributed by atoms with van der Waals surface area (Å²) in [7, 11) is 0. The van der Waals surface area contributed by atoms with Crippen molar-refractivity contribution in [2.75, 3.05) is 0 Å². The van der Waals surface area contributed by atoms with Gasteiger partial charge in [-0.3, -0.25) is 4.79 Å². The zero-order valence-electron chi connectivity index (χ0n) is 9.98. The molecule has 0 spiro atoms. The van der Waals surface area contributed by atoms with Crippen LogP contribution >= 0.6 is 0 Å². The zero-order valence-corrected chi connectivity index (χ0v) is 9.98. The molecule has 0 aromatic heterocycles. The highest BCUT2D eigenvalue weighted by atomic mass is 16.1. The summed E-state index contributed by atoms with van der Waals surface area (Å²) in [5.74, 6) is 0.0414. The zero-order chi connectivity index (χ0) is 11.3. The van der Waals surface area contributed by atoms with Crippen LogP contribution in [0.25, 0.3) is 0 Å². The molecule has 0 unspecified atom stereocenters. The molecule has 0 N–H and O–H groups in total. The van der Waals surface area contributed by atoms with Crippen LogP contribution in [0.3, 0.4) is 0 Å². The molecule has 0 aliphatic heterocycles. The summed E-state index contributed by atoms with van der Waals surface area (Å²) < 4.78 is 0. The Balaban J connectivity index is -0.000000218. The molecule has 0 saturated heterocycles. The molecule has 0 amide bonds. The first-order chi connectivity index (χ1) is 6.18. The van der Waals surface area contributed by atoms with E-state index in [-0.39, 0.29) is 5.78 Å². The monoisotopic (exact) mass is 184 g/mol. The average Bonchev–Trinajstić information content (AvgIpc) is 2.20. The van der Waals surface area contributed by atoms with Crippen molar-refractivity contribution in [3.63, 3.8) is 0 Å². The number of rotatable bonds is 3. The lowest BCUT2D eigenvalue weighted by Gasteiger charge is -1.87. The molecule has 78 valence electrons. The van der Waals surface area contributed by atoms with E-state index in [1.54, 1.807) is 6.08 Å². The SMILES string of the molecule is C=C(/C=C\CC)C(C)=O.CC.CC. The van der Waals surface area contributed by atoms with Gasteiger partial charge in [0.2, 0.25) is 0 Å². The van der Waals surface area contributed by atoms with Gasteiger partial charge < -0.3 is 0 Å². The molecule has 0 rings (SSSR count). The van der Waals surface area contributed by atoms with Crippen molar-refractivity contribution in [1.29, 1.82) is 0 Å². The van der Waals surface area contributed by atoms with Crippen LogP contribution in [0.4, 0.5) is 0 Å². The Bertz CT molecular complexity index is 143. The Labute approximate surface area is 83.5 Å². The minimum atomic E-state index is 0.0414. The van der Waals surface area contributed by atoms with E-state index >= 15 is 0 Å². The molecule has 13 heavy (non-hydrogen) atoms. The van der Waals surface area contributed by atoms with Crippen molar-refractivity contribution in [3.05, 3.63) is 24.3 Å². The van der Waals surface area contributed by atoms with Crippen molar-refractivity contribution in [3.8, 4) is 0 Å².